The lowest BCUT2D eigenvalue weighted by Crippen LogP contribution is -2.54. The molecule has 4 fully saturated rings. The van der Waals surface area contributed by atoms with Crippen LogP contribution >= 0.6 is 0 Å². The number of hydrogen-bond acceptors (Lipinski definition) is 3. The zero-order chi connectivity index (χ0) is 20.6. The number of carbonyl (C=O) groups excluding carboxylic acids is 1. The molecule has 0 aromatic heterocycles. The smallest absolute Gasteiger partial charge is 0.258 e. The molecule has 0 saturated heterocycles. The van der Waals surface area contributed by atoms with E-state index < -0.39 is 0 Å². The summed E-state index contributed by atoms with van der Waals surface area (Å²) in [6, 6.07) is 8.73. The van der Waals surface area contributed by atoms with Gasteiger partial charge in [-0.25, -0.2) is 0 Å². The maximum atomic E-state index is 11.9. The second-order valence-electron chi connectivity index (χ2n) is 11.1. The Balaban J connectivity index is 1.26. The Labute approximate surface area is 176 Å². The normalized spacial score (nSPS) is 31.5. The van der Waals surface area contributed by atoms with Crippen molar-refractivity contribution in [1.82, 2.24) is 10.6 Å². The molecule has 1 aromatic carbocycles. The third-order valence-corrected chi connectivity index (χ3v) is 7.42. The number of hydrogen-bond donors (Lipinski definition) is 2. The summed E-state index contributed by atoms with van der Waals surface area (Å²) >= 11 is 0. The van der Waals surface area contributed by atoms with Gasteiger partial charge in [0.15, 0.2) is 6.61 Å². The van der Waals surface area contributed by atoms with Gasteiger partial charge in [0.2, 0.25) is 0 Å². The van der Waals surface area contributed by atoms with E-state index in [1.165, 1.54) is 44.1 Å². The number of amides is 1. The zero-order valence-electron chi connectivity index (χ0n) is 18.6. The van der Waals surface area contributed by atoms with E-state index in [2.05, 4.69) is 29.7 Å². The number of nitrogens with one attached hydrogen (secondary N) is 2. The van der Waals surface area contributed by atoms with Crippen molar-refractivity contribution >= 4 is 5.91 Å². The summed E-state index contributed by atoms with van der Waals surface area (Å²) in [5.41, 5.74) is 1.58. The van der Waals surface area contributed by atoms with Crippen molar-refractivity contribution in [3.05, 3.63) is 29.8 Å². The maximum Gasteiger partial charge on any atom is 0.258 e. The lowest BCUT2D eigenvalue weighted by atomic mass is 9.48. The molecule has 1 atom stereocenters. The second-order valence-corrected chi connectivity index (χ2v) is 11.1. The van der Waals surface area contributed by atoms with E-state index in [-0.39, 0.29) is 18.1 Å². The van der Waals surface area contributed by atoms with Crippen molar-refractivity contribution in [2.45, 2.75) is 84.3 Å². The molecule has 4 bridgehead atoms. The molecule has 1 unspecified atom stereocenters. The highest BCUT2D eigenvalue weighted by Crippen LogP contribution is 2.61. The molecule has 4 saturated carbocycles. The van der Waals surface area contributed by atoms with Crippen molar-refractivity contribution < 1.29 is 9.53 Å². The van der Waals surface area contributed by atoms with E-state index in [0.29, 0.717) is 11.5 Å². The number of rotatable bonds is 7. The first-order valence-electron chi connectivity index (χ1n) is 11.5. The number of ether oxygens (including phenoxy) is 1. The molecule has 4 aliphatic carbocycles. The Morgan fingerprint density at radius 1 is 1.07 bits per heavy atom. The third-order valence-electron chi connectivity index (χ3n) is 7.42. The summed E-state index contributed by atoms with van der Waals surface area (Å²) in [6.07, 6.45) is 8.83. The molecular formula is C25H38N2O2. The molecule has 4 heteroatoms. The minimum Gasteiger partial charge on any atom is -0.484 e. The first kappa shape index (κ1) is 20.7. The molecule has 0 spiro atoms. The van der Waals surface area contributed by atoms with Crippen LogP contribution in [0.15, 0.2) is 24.3 Å². The fraction of sp³-hybridized carbons (Fsp3) is 0.720. The van der Waals surface area contributed by atoms with Crippen molar-refractivity contribution in [2.24, 2.45) is 23.2 Å². The van der Waals surface area contributed by atoms with Crippen LogP contribution in [0.25, 0.3) is 0 Å². The minimum absolute atomic E-state index is 0.0535. The van der Waals surface area contributed by atoms with Crippen molar-refractivity contribution in [3.8, 4) is 5.75 Å². The van der Waals surface area contributed by atoms with E-state index in [4.69, 9.17) is 4.74 Å². The van der Waals surface area contributed by atoms with Gasteiger partial charge in [-0.1, -0.05) is 12.1 Å². The third kappa shape index (κ3) is 4.96. The summed E-state index contributed by atoms with van der Waals surface area (Å²) in [5, 5.41) is 6.76. The Bertz CT molecular complexity index is 684. The lowest BCUT2D eigenvalue weighted by Gasteiger charge is -2.59. The summed E-state index contributed by atoms with van der Waals surface area (Å²) in [4.78, 5) is 11.9. The van der Waals surface area contributed by atoms with Gasteiger partial charge in [0.05, 0.1) is 0 Å². The largest absolute Gasteiger partial charge is 0.484 e. The quantitative estimate of drug-likeness (QED) is 0.701. The second kappa shape index (κ2) is 7.94. The predicted molar refractivity (Wildman–Crippen MR) is 117 cm³/mol. The van der Waals surface area contributed by atoms with Gasteiger partial charge in [0, 0.05) is 18.1 Å². The molecule has 1 aromatic rings. The van der Waals surface area contributed by atoms with Crippen LogP contribution in [-0.2, 0) is 11.3 Å². The highest BCUT2D eigenvalue weighted by atomic mass is 16.5. The molecule has 1 amide bonds. The molecule has 0 heterocycles. The van der Waals surface area contributed by atoms with Crippen molar-refractivity contribution in [1.29, 1.82) is 0 Å². The molecule has 5 rings (SSSR count). The molecule has 4 aliphatic rings. The Morgan fingerprint density at radius 2 is 1.62 bits per heavy atom. The average Bonchev–Trinajstić information content (AvgIpc) is 2.63. The molecule has 4 nitrogen and oxygen atoms in total. The van der Waals surface area contributed by atoms with Crippen molar-refractivity contribution in [3.63, 3.8) is 0 Å². The minimum atomic E-state index is -0.233. The predicted octanol–water partition coefficient (Wildman–Crippen LogP) is 4.67. The molecule has 29 heavy (non-hydrogen) atoms. The Hall–Kier alpha value is -1.55. The topological polar surface area (TPSA) is 50.4 Å². The van der Waals surface area contributed by atoms with Gasteiger partial charge < -0.3 is 15.4 Å². The van der Waals surface area contributed by atoms with Crippen LogP contribution in [0.2, 0.25) is 0 Å². The molecule has 0 radical (unpaired) electrons. The van der Waals surface area contributed by atoms with Gasteiger partial charge in [-0.05, 0) is 107 Å². The van der Waals surface area contributed by atoms with E-state index >= 15 is 0 Å². The standard InChI is InChI=1S/C25H38N2O2/c1-17(25-12-19-9-20(13-25)11-21(10-19)14-25)26-15-18-5-7-22(8-6-18)29-16-23(28)27-24(2,3)4/h5-8,17,19-21,26H,9-16H2,1-4H3,(H,27,28). The average molecular weight is 399 g/mol. The summed E-state index contributed by atoms with van der Waals surface area (Å²) in [7, 11) is 0. The van der Waals surface area contributed by atoms with Crippen LogP contribution in [0.3, 0.4) is 0 Å². The van der Waals surface area contributed by atoms with Crippen LogP contribution in [0.4, 0.5) is 0 Å². The Kier molecular flexibility index (Phi) is 5.67. The van der Waals surface area contributed by atoms with E-state index in [9.17, 15) is 4.79 Å². The summed E-state index contributed by atoms with van der Waals surface area (Å²) in [6.45, 7) is 9.27. The van der Waals surface area contributed by atoms with Crippen LogP contribution in [0, 0.1) is 23.2 Å². The summed E-state index contributed by atoms with van der Waals surface area (Å²) in [5.74, 6) is 3.65. The number of benzene rings is 1. The highest BCUT2D eigenvalue weighted by Gasteiger charge is 2.52. The van der Waals surface area contributed by atoms with Crippen LogP contribution < -0.4 is 15.4 Å². The summed E-state index contributed by atoms with van der Waals surface area (Å²) < 4.78 is 5.63. The zero-order valence-corrected chi connectivity index (χ0v) is 18.6. The molecule has 0 aliphatic heterocycles. The van der Waals surface area contributed by atoms with Gasteiger partial charge >= 0.3 is 0 Å². The van der Waals surface area contributed by atoms with E-state index in [1.54, 1.807) is 0 Å². The van der Waals surface area contributed by atoms with Gasteiger partial charge in [0.25, 0.3) is 5.91 Å². The fourth-order valence-electron chi connectivity index (χ4n) is 6.50. The fourth-order valence-corrected chi connectivity index (χ4v) is 6.50. The first-order chi connectivity index (χ1) is 13.7. The highest BCUT2D eigenvalue weighted by molar-refractivity contribution is 5.78. The number of carbonyl (C=O) groups is 1. The van der Waals surface area contributed by atoms with Gasteiger partial charge in [-0.15, -0.1) is 0 Å². The SMILES string of the molecule is CC(NCc1ccc(OCC(=O)NC(C)(C)C)cc1)C12CC3CC(CC(C3)C1)C2. The lowest BCUT2D eigenvalue weighted by molar-refractivity contribution is -0.124. The molecule has 160 valence electrons. The van der Waals surface area contributed by atoms with Gasteiger partial charge in [-0.3, -0.25) is 4.79 Å². The monoisotopic (exact) mass is 398 g/mol. The van der Waals surface area contributed by atoms with Crippen LogP contribution in [0.1, 0.15) is 71.8 Å². The molecular weight excluding hydrogens is 360 g/mol. The van der Waals surface area contributed by atoms with Gasteiger partial charge in [0.1, 0.15) is 5.75 Å². The first-order valence-corrected chi connectivity index (χ1v) is 11.5. The van der Waals surface area contributed by atoms with E-state index in [1.807, 2.05) is 32.9 Å². The van der Waals surface area contributed by atoms with Crippen LogP contribution in [0.5, 0.6) is 5.75 Å². The van der Waals surface area contributed by atoms with Gasteiger partial charge in [-0.2, -0.15) is 0 Å². The van der Waals surface area contributed by atoms with Crippen LogP contribution in [-0.4, -0.2) is 24.1 Å². The van der Waals surface area contributed by atoms with Crippen molar-refractivity contribution in [2.75, 3.05) is 6.61 Å². The van der Waals surface area contributed by atoms with E-state index in [0.717, 1.165) is 30.0 Å². The maximum absolute atomic E-state index is 11.9. The molecule has 2 N–H and O–H groups in total. The Morgan fingerprint density at radius 3 is 2.14 bits per heavy atom.